The molecule has 0 unspecified atom stereocenters. The first-order valence-electron chi connectivity index (χ1n) is 4.79. The predicted octanol–water partition coefficient (Wildman–Crippen LogP) is 1.45. The highest BCUT2D eigenvalue weighted by molar-refractivity contribution is 5.77. The van der Waals surface area contributed by atoms with Crippen molar-refractivity contribution in [2.45, 2.75) is 12.8 Å². The summed E-state index contributed by atoms with van der Waals surface area (Å²) in [5.41, 5.74) is 2.07. The molecule has 2 rings (SSSR count). The topological polar surface area (TPSA) is 89.8 Å². The Bertz CT molecular complexity index is 580. The largest absolute Gasteiger partial charge is 0.481 e. The molecule has 0 aliphatic carbocycles. The number of benzene rings is 1. The van der Waals surface area contributed by atoms with Crippen molar-refractivity contribution in [1.82, 2.24) is 9.97 Å². The number of nitriles is 1. The number of H-pyrrole nitrogens is 1. The molecular weight excluding hydrogens is 206 g/mol. The number of imidazole rings is 1. The number of aliphatic carboxylic acids is 1. The molecule has 5 nitrogen and oxygen atoms in total. The molecule has 0 saturated heterocycles. The molecule has 0 fully saturated rings. The fraction of sp³-hybridized carbons (Fsp3) is 0.182. The third-order valence-electron chi connectivity index (χ3n) is 2.24. The van der Waals surface area contributed by atoms with Gasteiger partial charge in [-0.2, -0.15) is 5.26 Å². The van der Waals surface area contributed by atoms with Crippen LogP contribution in [0.5, 0.6) is 0 Å². The van der Waals surface area contributed by atoms with Crippen molar-refractivity contribution in [3.05, 3.63) is 29.6 Å². The number of aromatic amines is 1. The van der Waals surface area contributed by atoms with E-state index in [1.54, 1.807) is 18.2 Å². The van der Waals surface area contributed by atoms with Crippen molar-refractivity contribution < 1.29 is 9.90 Å². The van der Waals surface area contributed by atoms with Gasteiger partial charge in [0.05, 0.1) is 29.1 Å². The van der Waals surface area contributed by atoms with E-state index in [0.29, 0.717) is 17.8 Å². The highest BCUT2D eigenvalue weighted by Gasteiger charge is 2.05. The molecule has 0 bridgehead atoms. The van der Waals surface area contributed by atoms with Crippen LogP contribution in [0.25, 0.3) is 11.0 Å². The lowest BCUT2D eigenvalue weighted by atomic mass is 10.2. The minimum absolute atomic E-state index is 0.0466. The van der Waals surface area contributed by atoms with Crippen LogP contribution in [0.4, 0.5) is 0 Å². The molecule has 2 N–H and O–H groups in total. The lowest BCUT2D eigenvalue weighted by Gasteiger charge is -1.90. The molecule has 0 spiro atoms. The van der Waals surface area contributed by atoms with Gasteiger partial charge in [-0.1, -0.05) is 0 Å². The number of carboxylic acid groups (broad SMARTS) is 1. The van der Waals surface area contributed by atoms with Gasteiger partial charge in [0.15, 0.2) is 0 Å². The van der Waals surface area contributed by atoms with Crippen LogP contribution in [0.2, 0.25) is 0 Å². The first-order valence-corrected chi connectivity index (χ1v) is 4.79. The molecular formula is C11H9N3O2. The zero-order valence-corrected chi connectivity index (χ0v) is 8.40. The standard InChI is InChI=1S/C11H9N3O2/c12-6-7-1-2-8-9(5-7)14-10(13-8)3-4-11(15)16/h1-2,5H,3-4H2,(H,13,14)(H,15,16). The molecule has 80 valence electrons. The first-order chi connectivity index (χ1) is 7.69. The van der Waals surface area contributed by atoms with Gasteiger partial charge in [0.1, 0.15) is 5.82 Å². The number of hydrogen-bond donors (Lipinski definition) is 2. The molecule has 0 saturated carbocycles. The van der Waals surface area contributed by atoms with Gasteiger partial charge in [-0.25, -0.2) is 4.98 Å². The van der Waals surface area contributed by atoms with Crippen LogP contribution >= 0.6 is 0 Å². The number of nitrogens with one attached hydrogen (secondary N) is 1. The van der Waals surface area contributed by atoms with Crippen molar-refractivity contribution in [2.75, 3.05) is 0 Å². The average Bonchev–Trinajstić information content (AvgIpc) is 2.67. The van der Waals surface area contributed by atoms with E-state index in [1.807, 2.05) is 6.07 Å². The molecule has 2 aromatic rings. The quantitative estimate of drug-likeness (QED) is 0.810. The highest BCUT2D eigenvalue weighted by atomic mass is 16.4. The monoisotopic (exact) mass is 215 g/mol. The van der Waals surface area contributed by atoms with E-state index in [9.17, 15) is 4.79 Å². The zero-order valence-electron chi connectivity index (χ0n) is 8.40. The van der Waals surface area contributed by atoms with Gasteiger partial charge in [-0.05, 0) is 18.2 Å². The van der Waals surface area contributed by atoms with E-state index in [0.717, 1.165) is 11.0 Å². The summed E-state index contributed by atoms with van der Waals surface area (Å²) in [7, 11) is 0. The fourth-order valence-electron chi connectivity index (χ4n) is 1.48. The van der Waals surface area contributed by atoms with Gasteiger partial charge in [0, 0.05) is 6.42 Å². The Labute approximate surface area is 91.3 Å². The summed E-state index contributed by atoms with van der Waals surface area (Å²) in [5.74, 6) is -0.217. The lowest BCUT2D eigenvalue weighted by Crippen LogP contribution is -1.98. The molecule has 1 aromatic heterocycles. The van der Waals surface area contributed by atoms with Gasteiger partial charge < -0.3 is 10.1 Å². The minimum atomic E-state index is -0.849. The van der Waals surface area contributed by atoms with Gasteiger partial charge in [-0.15, -0.1) is 0 Å². The number of hydrogen-bond acceptors (Lipinski definition) is 3. The third-order valence-corrected chi connectivity index (χ3v) is 2.24. The summed E-state index contributed by atoms with van der Waals surface area (Å²) >= 11 is 0. The van der Waals surface area contributed by atoms with E-state index >= 15 is 0 Å². The molecule has 1 aromatic carbocycles. The lowest BCUT2D eigenvalue weighted by molar-refractivity contribution is -0.137. The molecule has 16 heavy (non-hydrogen) atoms. The summed E-state index contributed by atoms with van der Waals surface area (Å²) in [4.78, 5) is 17.6. The van der Waals surface area contributed by atoms with Crippen molar-refractivity contribution in [1.29, 1.82) is 5.26 Å². The highest BCUT2D eigenvalue weighted by Crippen LogP contribution is 2.14. The summed E-state index contributed by atoms with van der Waals surface area (Å²) in [6.45, 7) is 0. The second-order valence-electron chi connectivity index (χ2n) is 3.42. The fourth-order valence-corrected chi connectivity index (χ4v) is 1.48. The summed E-state index contributed by atoms with van der Waals surface area (Å²) < 4.78 is 0. The van der Waals surface area contributed by atoms with E-state index < -0.39 is 5.97 Å². The molecule has 1 heterocycles. The van der Waals surface area contributed by atoms with Crippen molar-refractivity contribution in [2.24, 2.45) is 0 Å². The third kappa shape index (κ3) is 2.01. The van der Waals surface area contributed by atoms with Gasteiger partial charge >= 0.3 is 5.97 Å². The van der Waals surface area contributed by atoms with Crippen molar-refractivity contribution >= 4 is 17.0 Å². The zero-order chi connectivity index (χ0) is 11.5. The predicted molar refractivity (Wildman–Crippen MR) is 56.8 cm³/mol. The first kappa shape index (κ1) is 10.2. The molecule has 0 atom stereocenters. The van der Waals surface area contributed by atoms with E-state index in [2.05, 4.69) is 9.97 Å². The maximum absolute atomic E-state index is 10.4. The molecule has 0 aliphatic rings. The smallest absolute Gasteiger partial charge is 0.303 e. The summed E-state index contributed by atoms with van der Waals surface area (Å²) in [5, 5.41) is 17.3. The van der Waals surface area contributed by atoms with E-state index in [4.69, 9.17) is 10.4 Å². The molecule has 0 radical (unpaired) electrons. The van der Waals surface area contributed by atoms with Crippen LogP contribution in [-0.4, -0.2) is 21.0 Å². The normalized spacial score (nSPS) is 10.2. The van der Waals surface area contributed by atoms with Crippen LogP contribution in [-0.2, 0) is 11.2 Å². The molecule has 0 aliphatic heterocycles. The maximum Gasteiger partial charge on any atom is 0.303 e. The Morgan fingerprint density at radius 3 is 3.06 bits per heavy atom. The van der Waals surface area contributed by atoms with E-state index in [1.165, 1.54) is 0 Å². The Balaban J connectivity index is 2.30. The van der Waals surface area contributed by atoms with E-state index in [-0.39, 0.29) is 6.42 Å². The number of nitrogens with zero attached hydrogens (tertiary/aromatic N) is 2. The van der Waals surface area contributed by atoms with Gasteiger partial charge in [-0.3, -0.25) is 4.79 Å². The van der Waals surface area contributed by atoms with Crippen molar-refractivity contribution in [3.8, 4) is 6.07 Å². The molecule has 5 heteroatoms. The second-order valence-corrected chi connectivity index (χ2v) is 3.42. The minimum Gasteiger partial charge on any atom is -0.481 e. The SMILES string of the molecule is N#Cc1ccc2nc(CCC(=O)O)[nH]c2c1. The number of fused-ring (bicyclic) bond motifs is 1. The summed E-state index contributed by atoms with van der Waals surface area (Å²) in [6, 6.07) is 7.17. The van der Waals surface area contributed by atoms with Crippen LogP contribution < -0.4 is 0 Å². The number of carbonyl (C=O) groups is 1. The van der Waals surface area contributed by atoms with Gasteiger partial charge in [0.2, 0.25) is 0 Å². The Kier molecular flexibility index (Phi) is 2.56. The number of carboxylic acids is 1. The van der Waals surface area contributed by atoms with Crippen molar-refractivity contribution in [3.63, 3.8) is 0 Å². The number of aryl methyl sites for hydroxylation is 1. The Morgan fingerprint density at radius 1 is 1.56 bits per heavy atom. The second kappa shape index (κ2) is 4.03. The average molecular weight is 215 g/mol. The Morgan fingerprint density at radius 2 is 2.38 bits per heavy atom. The van der Waals surface area contributed by atoms with Gasteiger partial charge in [0.25, 0.3) is 0 Å². The maximum atomic E-state index is 10.4. The number of rotatable bonds is 3. The van der Waals surface area contributed by atoms with Crippen LogP contribution in [0.3, 0.4) is 0 Å². The Hall–Kier alpha value is -2.35. The van der Waals surface area contributed by atoms with Crippen LogP contribution in [0, 0.1) is 11.3 Å². The number of aromatic nitrogens is 2. The van der Waals surface area contributed by atoms with Crippen LogP contribution in [0.1, 0.15) is 17.8 Å². The van der Waals surface area contributed by atoms with Crippen LogP contribution in [0.15, 0.2) is 18.2 Å². The summed E-state index contributed by atoms with van der Waals surface area (Å²) in [6.07, 6.45) is 0.414. The molecule has 0 amide bonds.